The van der Waals surface area contributed by atoms with Gasteiger partial charge in [0.25, 0.3) is 0 Å². The molecule has 126 valence electrons. The van der Waals surface area contributed by atoms with E-state index in [2.05, 4.69) is 4.74 Å². The van der Waals surface area contributed by atoms with Gasteiger partial charge in [-0.3, -0.25) is 14.4 Å². The Morgan fingerprint density at radius 1 is 1.09 bits per heavy atom. The Kier molecular flexibility index (Phi) is 6.58. The van der Waals surface area contributed by atoms with Gasteiger partial charge in [-0.25, -0.2) is 0 Å². The third-order valence-electron chi connectivity index (χ3n) is 3.88. The van der Waals surface area contributed by atoms with Crippen LogP contribution in [0.25, 0.3) is 0 Å². The highest BCUT2D eigenvalue weighted by Gasteiger charge is 2.22. The number of methoxy groups -OCH3 is 1. The monoisotopic (exact) mass is 338 g/mol. The molecule has 1 aromatic heterocycles. The molecule has 1 aliphatic rings. The summed E-state index contributed by atoms with van der Waals surface area (Å²) in [5, 5.41) is 1.97. The van der Waals surface area contributed by atoms with Crippen LogP contribution in [-0.4, -0.2) is 60.9 Å². The topological polar surface area (TPSA) is 66.9 Å². The zero-order valence-electron chi connectivity index (χ0n) is 13.3. The molecule has 2 amide bonds. The first-order chi connectivity index (χ1) is 11.1. The lowest BCUT2D eigenvalue weighted by Gasteiger charge is -2.22. The van der Waals surface area contributed by atoms with E-state index in [-0.39, 0.29) is 30.6 Å². The average molecular weight is 338 g/mol. The van der Waals surface area contributed by atoms with Gasteiger partial charge in [-0.1, -0.05) is 6.07 Å². The number of carbonyl (C=O) groups is 3. The summed E-state index contributed by atoms with van der Waals surface area (Å²) in [6.07, 6.45) is 1.46. The second kappa shape index (κ2) is 8.67. The molecular formula is C16H22N2O4S. The molecule has 0 spiro atoms. The molecule has 1 fully saturated rings. The molecule has 0 N–H and O–H groups in total. The smallest absolute Gasteiger partial charge is 0.306 e. The van der Waals surface area contributed by atoms with E-state index in [0.717, 1.165) is 11.3 Å². The molecule has 23 heavy (non-hydrogen) atoms. The molecule has 1 saturated heterocycles. The Hall–Kier alpha value is -1.89. The fourth-order valence-corrected chi connectivity index (χ4v) is 3.26. The van der Waals surface area contributed by atoms with E-state index in [9.17, 15) is 14.4 Å². The number of amides is 2. The Labute approximate surface area is 140 Å². The zero-order valence-corrected chi connectivity index (χ0v) is 14.1. The summed E-state index contributed by atoms with van der Waals surface area (Å²) >= 11 is 1.58. The maximum Gasteiger partial charge on any atom is 0.306 e. The van der Waals surface area contributed by atoms with E-state index in [0.29, 0.717) is 32.6 Å². The fourth-order valence-electron chi connectivity index (χ4n) is 2.56. The van der Waals surface area contributed by atoms with Gasteiger partial charge in [0.15, 0.2) is 0 Å². The second-order valence-electron chi connectivity index (χ2n) is 5.45. The van der Waals surface area contributed by atoms with Crippen LogP contribution in [0.3, 0.4) is 0 Å². The number of rotatable bonds is 5. The van der Waals surface area contributed by atoms with Gasteiger partial charge < -0.3 is 14.5 Å². The number of carbonyl (C=O) groups excluding carboxylic acids is 3. The molecule has 2 heterocycles. The van der Waals surface area contributed by atoms with E-state index in [4.69, 9.17) is 0 Å². The molecule has 1 aromatic rings. The van der Waals surface area contributed by atoms with Crippen molar-refractivity contribution in [2.24, 2.45) is 0 Å². The van der Waals surface area contributed by atoms with Crippen molar-refractivity contribution in [2.45, 2.75) is 25.7 Å². The first-order valence-electron chi connectivity index (χ1n) is 7.75. The van der Waals surface area contributed by atoms with Gasteiger partial charge in [0.05, 0.1) is 20.0 Å². The highest BCUT2D eigenvalue weighted by Crippen LogP contribution is 2.13. The lowest BCUT2D eigenvalue weighted by Crippen LogP contribution is -2.38. The van der Waals surface area contributed by atoms with Crippen molar-refractivity contribution < 1.29 is 19.1 Å². The molecule has 0 atom stereocenters. The predicted molar refractivity (Wildman–Crippen MR) is 87.1 cm³/mol. The van der Waals surface area contributed by atoms with E-state index in [1.54, 1.807) is 16.2 Å². The maximum absolute atomic E-state index is 12.3. The summed E-state index contributed by atoms with van der Waals surface area (Å²) in [6.45, 7) is 2.37. The van der Waals surface area contributed by atoms with Crippen LogP contribution in [0.15, 0.2) is 17.5 Å². The molecule has 0 aromatic carbocycles. The van der Waals surface area contributed by atoms with Crippen LogP contribution in [0.2, 0.25) is 0 Å². The summed E-state index contributed by atoms with van der Waals surface area (Å²) in [7, 11) is 1.32. The third kappa shape index (κ3) is 5.35. The molecule has 0 unspecified atom stereocenters. The normalized spacial score (nSPS) is 15.2. The maximum atomic E-state index is 12.3. The van der Waals surface area contributed by atoms with E-state index in [1.165, 1.54) is 7.11 Å². The largest absolute Gasteiger partial charge is 0.469 e. The highest BCUT2D eigenvalue weighted by atomic mass is 32.1. The van der Waals surface area contributed by atoms with E-state index < -0.39 is 0 Å². The van der Waals surface area contributed by atoms with Crippen LogP contribution < -0.4 is 0 Å². The zero-order chi connectivity index (χ0) is 16.7. The van der Waals surface area contributed by atoms with Gasteiger partial charge in [0.1, 0.15) is 0 Å². The van der Waals surface area contributed by atoms with E-state index >= 15 is 0 Å². The number of esters is 1. The molecule has 6 nitrogen and oxygen atoms in total. The van der Waals surface area contributed by atoms with Crippen molar-refractivity contribution in [2.75, 3.05) is 33.3 Å². The van der Waals surface area contributed by atoms with Gasteiger partial charge in [0.2, 0.25) is 11.8 Å². The predicted octanol–water partition coefficient (Wildman–Crippen LogP) is 1.30. The number of thiophene rings is 1. The fraction of sp³-hybridized carbons (Fsp3) is 0.562. The lowest BCUT2D eigenvalue weighted by molar-refractivity contribution is -0.143. The molecule has 0 radical (unpaired) electrons. The SMILES string of the molecule is COC(=O)CCC(=O)N1CCCN(C(=O)Cc2cccs2)CC1. The molecule has 0 aliphatic carbocycles. The van der Waals surface area contributed by atoms with E-state index in [1.807, 2.05) is 22.4 Å². The molecule has 2 rings (SSSR count). The minimum absolute atomic E-state index is 0.0528. The minimum atomic E-state index is -0.374. The van der Waals surface area contributed by atoms with Crippen LogP contribution >= 0.6 is 11.3 Å². The highest BCUT2D eigenvalue weighted by molar-refractivity contribution is 7.10. The first kappa shape index (κ1) is 17.5. The van der Waals surface area contributed by atoms with Gasteiger partial charge in [-0.15, -0.1) is 11.3 Å². The number of nitrogens with zero attached hydrogens (tertiary/aromatic N) is 2. The Morgan fingerprint density at radius 2 is 1.78 bits per heavy atom. The van der Waals surface area contributed by atoms with Crippen LogP contribution in [0.1, 0.15) is 24.1 Å². The van der Waals surface area contributed by atoms with Crippen molar-refractivity contribution in [3.8, 4) is 0 Å². The van der Waals surface area contributed by atoms with Crippen LogP contribution in [0.4, 0.5) is 0 Å². The molecular weight excluding hydrogens is 316 g/mol. The van der Waals surface area contributed by atoms with Crippen molar-refractivity contribution in [1.29, 1.82) is 0 Å². The van der Waals surface area contributed by atoms with Gasteiger partial charge in [-0.05, 0) is 17.9 Å². The molecule has 1 aliphatic heterocycles. The van der Waals surface area contributed by atoms with Crippen LogP contribution in [0, 0.1) is 0 Å². The second-order valence-corrected chi connectivity index (χ2v) is 6.48. The van der Waals surface area contributed by atoms with Crippen molar-refractivity contribution in [1.82, 2.24) is 9.80 Å². The Balaban J connectivity index is 1.80. The first-order valence-corrected chi connectivity index (χ1v) is 8.63. The summed E-state index contributed by atoms with van der Waals surface area (Å²) in [6, 6.07) is 3.90. The van der Waals surface area contributed by atoms with Crippen molar-refractivity contribution in [3.63, 3.8) is 0 Å². The minimum Gasteiger partial charge on any atom is -0.469 e. The molecule has 7 heteroatoms. The number of hydrogen-bond acceptors (Lipinski definition) is 5. The van der Waals surface area contributed by atoms with Gasteiger partial charge >= 0.3 is 5.97 Å². The van der Waals surface area contributed by atoms with Crippen molar-refractivity contribution >= 4 is 29.1 Å². The summed E-state index contributed by atoms with van der Waals surface area (Å²) < 4.78 is 4.55. The summed E-state index contributed by atoms with van der Waals surface area (Å²) in [4.78, 5) is 40.2. The number of ether oxygens (including phenoxy) is 1. The Bertz CT molecular complexity index is 544. The quantitative estimate of drug-likeness (QED) is 0.759. The summed E-state index contributed by atoms with van der Waals surface area (Å²) in [5.41, 5.74) is 0. The lowest BCUT2D eigenvalue weighted by atomic mass is 10.2. The third-order valence-corrected chi connectivity index (χ3v) is 4.75. The summed E-state index contributed by atoms with van der Waals surface area (Å²) in [5.74, 6) is -0.319. The van der Waals surface area contributed by atoms with Crippen LogP contribution in [-0.2, 0) is 25.5 Å². The van der Waals surface area contributed by atoms with Crippen LogP contribution in [0.5, 0.6) is 0 Å². The van der Waals surface area contributed by atoms with Crippen molar-refractivity contribution in [3.05, 3.63) is 22.4 Å². The van der Waals surface area contributed by atoms with Gasteiger partial charge in [-0.2, -0.15) is 0 Å². The van der Waals surface area contributed by atoms with Gasteiger partial charge in [0, 0.05) is 37.5 Å². The molecule has 0 bridgehead atoms. The number of hydrogen-bond donors (Lipinski definition) is 0. The Morgan fingerprint density at radius 3 is 2.39 bits per heavy atom. The standard InChI is InChI=1S/C16H22N2O4S/c1-22-16(21)6-5-14(19)17-7-3-8-18(10-9-17)15(20)12-13-4-2-11-23-13/h2,4,11H,3,5-10,12H2,1H3. The average Bonchev–Trinajstić information content (AvgIpc) is 2.93. The molecule has 0 saturated carbocycles.